The van der Waals surface area contributed by atoms with Crippen LogP contribution in [0.25, 0.3) is 0 Å². The third-order valence-corrected chi connectivity index (χ3v) is 3.76. The normalized spacial score (nSPS) is 32.1. The summed E-state index contributed by atoms with van der Waals surface area (Å²) in [6.45, 7) is 0.541. The molecule has 6 nitrogen and oxygen atoms in total. The first kappa shape index (κ1) is 10.7. The lowest BCUT2D eigenvalue weighted by molar-refractivity contribution is -0.120. The second kappa shape index (κ2) is 4.44. The van der Waals surface area contributed by atoms with E-state index >= 15 is 0 Å². The molecule has 2 N–H and O–H groups in total. The van der Waals surface area contributed by atoms with Gasteiger partial charge in [-0.05, 0) is 18.8 Å². The molecule has 17 heavy (non-hydrogen) atoms. The van der Waals surface area contributed by atoms with Crippen molar-refractivity contribution in [1.29, 1.82) is 0 Å². The Kier molecular flexibility index (Phi) is 2.80. The number of carbonyl (C=O) groups excluding carboxylic acids is 1. The summed E-state index contributed by atoms with van der Waals surface area (Å²) in [5.41, 5.74) is 0. The van der Waals surface area contributed by atoms with Crippen LogP contribution in [-0.2, 0) is 9.53 Å². The molecule has 1 aliphatic carbocycles. The smallest absolute Gasteiger partial charge is 0.231 e. The maximum absolute atomic E-state index is 12.1. The molecule has 0 unspecified atom stereocenters. The minimum absolute atomic E-state index is 0.00769. The quantitative estimate of drug-likeness (QED) is 0.801. The molecular formula is C11H16N4O2. The van der Waals surface area contributed by atoms with Crippen LogP contribution in [0.15, 0.2) is 6.20 Å². The molecule has 3 atom stereocenters. The Bertz CT molecular complexity index is 392. The van der Waals surface area contributed by atoms with Crippen molar-refractivity contribution in [2.75, 3.05) is 11.9 Å². The van der Waals surface area contributed by atoms with E-state index in [0.29, 0.717) is 18.3 Å². The van der Waals surface area contributed by atoms with Crippen LogP contribution >= 0.6 is 0 Å². The lowest BCUT2D eigenvalue weighted by Crippen LogP contribution is -2.32. The van der Waals surface area contributed by atoms with Crippen molar-refractivity contribution < 1.29 is 9.53 Å². The number of ether oxygens (including phenoxy) is 1. The molecule has 0 spiro atoms. The standard InChI is InChI=1S/C11H16N4O2/c16-11(13-10-5-12-15-14-10)8-6-17-9-4-2-1-3-7(8)9/h5,7-9H,1-4,6H2,(H2,12,13,14,15,16)/t7-,8-,9-/m1/s1. The van der Waals surface area contributed by atoms with Gasteiger partial charge >= 0.3 is 0 Å². The van der Waals surface area contributed by atoms with E-state index in [1.807, 2.05) is 0 Å². The summed E-state index contributed by atoms with van der Waals surface area (Å²) < 4.78 is 5.71. The van der Waals surface area contributed by atoms with Gasteiger partial charge in [-0.3, -0.25) is 4.79 Å². The predicted octanol–water partition coefficient (Wildman–Crippen LogP) is 0.948. The van der Waals surface area contributed by atoms with Crippen molar-refractivity contribution in [2.45, 2.75) is 31.8 Å². The fourth-order valence-corrected chi connectivity index (χ4v) is 2.89. The summed E-state index contributed by atoms with van der Waals surface area (Å²) in [7, 11) is 0. The molecule has 1 aliphatic heterocycles. The van der Waals surface area contributed by atoms with Gasteiger partial charge < -0.3 is 10.1 Å². The van der Waals surface area contributed by atoms with E-state index in [1.165, 1.54) is 19.0 Å². The predicted molar refractivity (Wildman–Crippen MR) is 60.2 cm³/mol. The van der Waals surface area contributed by atoms with Crippen molar-refractivity contribution in [3.8, 4) is 0 Å². The van der Waals surface area contributed by atoms with Crippen LogP contribution in [0, 0.1) is 11.8 Å². The van der Waals surface area contributed by atoms with E-state index in [2.05, 4.69) is 20.7 Å². The molecule has 1 aromatic heterocycles. The van der Waals surface area contributed by atoms with Crippen LogP contribution in [-0.4, -0.2) is 34.0 Å². The lowest BCUT2D eigenvalue weighted by Gasteiger charge is -2.26. The number of nitrogens with zero attached hydrogens (tertiary/aromatic N) is 2. The van der Waals surface area contributed by atoms with Crippen LogP contribution in [0.1, 0.15) is 25.7 Å². The Morgan fingerprint density at radius 3 is 3.18 bits per heavy atom. The molecule has 3 rings (SSSR count). The summed E-state index contributed by atoms with van der Waals surface area (Å²) >= 11 is 0. The van der Waals surface area contributed by atoms with Crippen molar-refractivity contribution in [3.63, 3.8) is 0 Å². The molecule has 1 amide bonds. The molecule has 2 heterocycles. The number of fused-ring (bicyclic) bond motifs is 1. The van der Waals surface area contributed by atoms with Gasteiger partial charge in [0.25, 0.3) is 0 Å². The number of hydrogen-bond acceptors (Lipinski definition) is 4. The van der Waals surface area contributed by atoms with Crippen LogP contribution in [0.3, 0.4) is 0 Å². The molecule has 6 heteroatoms. The fraction of sp³-hybridized carbons (Fsp3) is 0.727. The number of aromatic nitrogens is 3. The third-order valence-electron chi connectivity index (χ3n) is 3.76. The maximum atomic E-state index is 12.1. The maximum Gasteiger partial charge on any atom is 0.231 e. The zero-order valence-corrected chi connectivity index (χ0v) is 9.56. The molecule has 2 fully saturated rings. The number of hydrogen-bond donors (Lipinski definition) is 2. The Balaban J connectivity index is 1.66. The Hall–Kier alpha value is -1.43. The van der Waals surface area contributed by atoms with Crippen LogP contribution in [0.4, 0.5) is 5.82 Å². The van der Waals surface area contributed by atoms with Crippen LogP contribution in [0.5, 0.6) is 0 Å². The van der Waals surface area contributed by atoms with Crippen molar-refractivity contribution in [3.05, 3.63) is 6.20 Å². The van der Waals surface area contributed by atoms with Crippen molar-refractivity contribution in [1.82, 2.24) is 15.4 Å². The largest absolute Gasteiger partial charge is 0.377 e. The van der Waals surface area contributed by atoms with Crippen molar-refractivity contribution in [2.24, 2.45) is 11.8 Å². The highest BCUT2D eigenvalue weighted by atomic mass is 16.5. The second-order valence-corrected chi connectivity index (χ2v) is 4.77. The minimum atomic E-state index is -0.0306. The monoisotopic (exact) mass is 236 g/mol. The average molecular weight is 236 g/mol. The molecule has 1 saturated heterocycles. The number of amides is 1. The Morgan fingerprint density at radius 1 is 1.47 bits per heavy atom. The third kappa shape index (κ3) is 2.04. The molecule has 0 radical (unpaired) electrons. The minimum Gasteiger partial charge on any atom is -0.377 e. The zero-order chi connectivity index (χ0) is 11.7. The molecule has 2 aliphatic rings. The van der Waals surface area contributed by atoms with Crippen LogP contribution < -0.4 is 5.32 Å². The number of aromatic amines is 1. The molecule has 92 valence electrons. The van der Waals surface area contributed by atoms with Gasteiger partial charge in [-0.25, -0.2) is 0 Å². The highest BCUT2D eigenvalue weighted by molar-refractivity contribution is 5.92. The van der Waals surface area contributed by atoms with Gasteiger partial charge in [0, 0.05) is 0 Å². The molecule has 0 bridgehead atoms. The van der Waals surface area contributed by atoms with Gasteiger partial charge in [0.2, 0.25) is 5.91 Å². The van der Waals surface area contributed by atoms with Gasteiger partial charge in [-0.2, -0.15) is 10.3 Å². The SMILES string of the molecule is O=C(Nc1cn[nH]n1)[C@@H]1CO[C@@H]2CCCC[C@@H]21. The first-order chi connectivity index (χ1) is 8.34. The number of nitrogens with one attached hydrogen (secondary N) is 2. The van der Waals surface area contributed by atoms with E-state index in [1.54, 1.807) is 0 Å². The molecule has 1 saturated carbocycles. The van der Waals surface area contributed by atoms with Crippen molar-refractivity contribution >= 4 is 11.7 Å². The number of carbonyl (C=O) groups is 1. The van der Waals surface area contributed by atoms with Gasteiger partial charge in [0.05, 0.1) is 24.8 Å². The summed E-state index contributed by atoms with van der Waals surface area (Å²) in [6, 6.07) is 0. The highest BCUT2D eigenvalue weighted by Gasteiger charge is 2.42. The second-order valence-electron chi connectivity index (χ2n) is 4.77. The van der Waals surface area contributed by atoms with Gasteiger partial charge in [0.1, 0.15) is 0 Å². The van der Waals surface area contributed by atoms with Crippen LogP contribution in [0.2, 0.25) is 0 Å². The first-order valence-corrected chi connectivity index (χ1v) is 6.13. The summed E-state index contributed by atoms with van der Waals surface area (Å²) in [5, 5.41) is 12.7. The fourth-order valence-electron chi connectivity index (χ4n) is 2.89. The van der Waals surface area contributed by atoms with E-state index < -0.39 is 0 Å². The van der Waals surface area contributed by atoms with Gasteiger partial charge in [0.15, 0.2) is 5.82 Å². The summed E-state index contributed by atoms with van der Waals surface area (Å²) in [5.74, 6) is 0.843. The first-order valence-electron chi connectivity index (χ1n) is 6.13. The Labute approximate surface area is 99.1 Å². The van der Waals surface area contributed by atoms with E-state index in [4.69, 9.17) is 4.74 Å². The zero-order valence-electron chi connectivity index (χ0n) is 9.56. The van der Waals surface area contributed by atoms with Gasteiger partial charge in [-0.1, -0.05) is 12.8 Å². The van der Waals surface area contributed by atoms with E-state index in [9.17, 15) is 4.79 Å². The average Bonchev–Trinajstić information content (AvgIpc) is 2.96. The molecule has 1 aromatic rings. The highest BCUT2D eigenvalue weighted by Crippen LogP contribution is 2.38. The summed E-state index contributed by atoms with van der Waals surface area (Å²) in [6.07, 6.45) is 6.42. The number of rotatable bonds is 2. The van der Waals surface area contributed by atoms with E-state index in [-0.39, 0.29) is 17.9 Å². The number of H-pyrrole nitrogens is 1. The molecular weight excluding hydrogens is 220 g/mol. The lowest BCUT2D eigenvalue weighted by atomic mass is 9.80. The van der Waals surface area contributed by atoms with Gasteiger partial charge in [-0.15, -0.1) is 5.10 Å². The Morgan fingerprint density at radius 2 is 2.35 bits per heavy atom. The summed E-state index contributed by atoms with van der Waals surface area (Å²) in [4.78, 5) is 12.1. The number of anilines is 1. The molecule has 0 aromatic carbocycles. The van der Waals surface area contributed by atoms with E-state index in [0.717, 1.165) is 12.8 Å². The topological polar surface area (TPSA) is 79.9 Å².